The van der Waals surface area contributed by atoms with Gasteiger partial charge in [0.2, 0.25) is 0 Å². The van der Waals surface area contributed by atoms with Crippen LogP contribution in [0.25, 0.3) is 16.9 Å². The number of aromatic nitrogens is 3. The number of hydrogen-bond acceptors (Lipinski definition) is 5. The smallest absolute Gasteiger partial charge is 0.158 e. The molecule has 1 heterocycles. The van der Waals surface area contributed by atoms with Crippen LogP contribution in [0.1, 0.15) is 0 Å². The van der Waals surface area contributed by atoms with E-state index in [1.807, 2.05) is 0 Å². The van der Waals surface area contributed by atoms with Gasteiger partial charge in [-0.15, -0.1) is 5.10 Å². The van der Waals surface area contributed by atoms with Crippen molar-refractivity contribution in [1.29, 1.82) is 0 Å². The van der Waals surface area contributed by atoms with E-state index in [2.05, 4.69) is 10.3 Å². The Balaban J connectivity index is 2.06. The van der Waals surface area contributed by atoms with E-state index >= 15 is 0 Å². The van der Waals surface area contributed by atoms with Gasteiger partial charge in [-0.25, -0.2) is 0 Å². The summed E-state index contributed by atoms with van der Waals surface area (Å²) < 4.78 is 1.47. The summed E-state index contributed by atoms with van der Waals surface area (Å²) in [5, 5.41) is 27.5. The zero-order valence-electron chi connectivity index (χ0n) is 10.7. The highest BCUT2D eigenvalue weighted by molar-refractivity contribution is 6.30. The third-order valence-corrected chi connectivity index (χ3v) is 3.28. The number of phenolic OH excluding ortho intramolecular Hbond substituents is 2. The first-order valence-corrected chi connectivity index (χ1v) is 6.43. The maximum absolute atomic E-state index is 9.55. The largest absolute Gasteiger partial charge is 0.504 e. The topological polar surface area (TPSA) is 97.2 Å². The predicted molar refractivity (Wildman–Crippen MR) is 79.5 cm³/mol. The van der Waals surface area contributed by atoms with Gasteiger partial charge < -0.3 is 15.9 Å². The normalized spacial score (nSPS) is 10.7. The minimum atomic E-state index is -0.243. The summed E-state index contributed by atoms with van der Waals surface area (Å²) in [6.45, 7) is 0. The van der Waals surface area contributed by atoms with Gasteiger partial charge in [-0.05, 0) is 42.5 Å². The van der Waals surface area contributed by atoms with Gasteiger partial charge in [-0.3, -0.25) is 0 Å². The Kier molecular flexibility index (Phi) is 3.15. The summed E-state index contributed by atoms with van der Waals surface area (Å²) in [5.74, 6) is -0.127. The molecule has 0 aliphatic rings. The Morgan fingerprint density at radius 3 is 2.38 bits per heavy atom. The summed E-state index contributed by atoms with van der Waals surface area (Å²) in [4.78, 5) is 0. The second kappa shape index (κ2) is 4.99. The van der Waals surface area contributed by atoms with Crippen molar-refractivity contribution >= 4 is 17.4 Å². The number of hydrogen-bond donors (Lipinski definition) is 3. The summed E-state index contributed by atoms with van der Waals surface area (Å²) >= 11 is 5.84. The molecule has 6 nitrogen and oxygen atoms in total. The zero-order chi connectivity index (χ0) is 15.0. The number of rotatable bonds is 2. The Hall–Kier alpha value is -2.73. The molecule has 0 spiro atoms. The first-order chi connectivity index (χ1) is 10.1. The third kappa shape index (κ3) is 2.36. The lowest BCUT2D eigenvalue weighted by Gasteiger charge is -2.04. The fourth-order valence-electron chi connectivity index (χ4n) is 1.94. The Morgan fingerprint density at radius 1 is 1.00 bits per heavy atom. The number of anilines is 1. The third-order valence-electron chi connectivity index (χ3n) is 3.03. The molecule has 2 aromatic carbocycles. The molecule has 106 valence electrons. The van der Waals surface area contributed by atoms with Crippen LogP contribution in [-0.2, 0) is 0 Å². The predicted octanol–water partition coefficient (Wildman–Crippen LogP) is 2.58. The molecule has 0 amide bonds. The molecular formula is C14H11ClN4O2. The van der Waals surface area contributed by atoms with Crippen molar-refractivity contribution in [1.82, 2.24) is 15.0 Å². The lowest BCUT2D eigenvalue weighted by Crippen LogP contribution is -2.02. The maximum Gasteiger partial charge on any atom is 0.158 e. The molecule has 0 aliphatic heterocycles. The first kappa shape index (κ1) is 13.3. The lowest BCUT2D eigenvalue weighted by atomic mass is 10.1. The number of phenols is 2. The van der Waals surface area contributed by atoms with Gasteiger partial charge in [0.15, 0.2) is 17.3 Å². The maximum atomic E-state index is 9.55. The van der Waals surface area contributed by atoms with Gasteiger partial charge in [0, 0.05) is 10.6 Å². The van der Waals surface area contributed by atoms with E-state index in [1.165, 1.54) is 16.8 Å². The molecule has 0 radical (unpaired) electrons. The summed E-state index contributed by atoms with van der Waals surface area (Å²) in [6.07, 6.45) is 0. The average Bonchev–Trinajstić information content (AvgIpc) is 2.85. The highest BCUT2D eigenvalue weighted by Crippen LogP contribution is 2.32. The quantitative estimate of drug-likeness (QED) is 0.632. The van der Waals surface area contributed by atoms with E-state index in [0.29, 0.717) is 22.1 Å². The van der Waals surface area contributed by atoms with Gasteiger partial charge in [0.05, 0.1) is 5.69 Å². The second-order valence-corrected chi connectivity index (χ2v) is 4.85. The summed E-state index contributed by atoms with van der Waals surface area (Å²) in [6, 6.07) is 11.3. The van der Waals surface area contributed by atoms with Crippen LogP contribution in [0.15, 0.2) is 42.5 Å². The van der Waals surface area contributed by atoms with Crippen LogP contribution in [0.5, 0.6) is 11.5 Å². The van der Waals surface area contributed by atoms with Crippen LogP contribution in [0.3, 0.4) is 0 Å². The molecule has 0 saturated carbocycles. The molecule has 0 atom stereocenters. The molecule has 4 N–H and O–H groups in total. The standard InChI is InChI=1S/C14H11ClN4O2/c15-9-2-4-10(5-3-9)19-14(16)13(17-18-19)8-1-6-11(20)12(21)7-8/h1-7,20-21H,16H2. The molecule has 1 aromatic heterocycles. The Bertz CT molecular complexity index is 799. The number of aromatic hydroxyl groups is 2. The number of nitrogens with two attached hydrogens (primary N) is 1. The van der Waals surface area contributed by atoms with Gasteiger partial charge in [0.1, 0.15) is 5.69 Å². The van der Waals surface area contributed by atoms with Crippen LogP contribution in [-0.4, -0.2) is 25.2 Å². The number of nitrogens with zero attached hydrogens (tertiary/aromatic N) is 3. The minimum Gasteiger partial charge on any atom is -0.504 e. The van der Waals surface area contributed by atoms with Gasteiger partial charge in [-0.1, -0.05) is 16.8 Å². The Labute approximate surface area is 125 Å². The molecule has 3 aromatic rings. The fraction of sp³-hybridized carbons (Fsp3) is 0. The van der Waals surface area contributed by atoms with Crippen molar-refractivity contribution in [2.75, 3.05) is 5.73 Å². The van der Waals surface area contributed by atoms with Crippen molar-refractivity contribution in [3.05, 3.63) is 47.5 Å². The van der Waals surface area contributed by atoms with E-state index < -0.39 is 0 Å². The second-order valence-electron chi connectivity index (χ2n) is 4.42. The highest BCUT2D eigenvalue weighted by atomic mass is 35.5. The summed E-state index contributed by atoms with van der Waals surface area (Å²) in [7, 11) is 0. The zero-order valence-corrected chi connectivity index (χ0v) is 11.5. The molecular weight excluding hydrogens is 292 g/mol. The van der Waals surface area contributed by atoms with Gasteiger partial charge >= 0.3 is 0 Å². The van der Waals surface area contributed by atoms with E-state index in [-0.39, 0.29) is 11.5 Å². The minimum absolute atomic E-state index is 0.206. The van der Waals surface area contributed by atoms with E-state index in [4.69, 9.17) is 17.3 Å². The van der Waals surface area contributed by atoms with Gasteiger partial charge in [-0.2, -0.15) is 4.68 Å². The number of benzene rings is 2. The highest BCUT2D eigenvalue weighted by Gasteiger charge is 2.14. The van der Waals surface area contributed by atoms with Crippen molar-refractivity contribution in [3.63, 3.8) is 0 Å². The van der Waals surface area contributed by atoms with Crippen molar-refractivity contribution in [3.8, 4) is 28.4 Å². The van der Waals surface area contributed by atoms with Crippen LogP contribution < -0.4 is 5.73 Å². The fourth-order valence-corrected chi connectivity index (χ4v) is 2.06. The van der Waals surface area contributed by atoms with Gasteiger partial charge in [0.25, 0.3) is 0 Å². The molecule has 0 saturated heterocycles. The van der Waals surface area contributed by atoms with Crippen molar-refractivity contribution in [2.45, 2.75) is 0 Å². The molecule has 0 fully saturated rings. The summed E-state index contributed by atoms with van der Waals surface area (Å²) in [5.41, 5.74) is 7.75. The molecule has 0 aliphatic carbocycles. The monoisotopic (exact) mass is 302 g/mol. The van der Waals surface area contributed by atoms with Crippen molar-refractivity contribution in [2.24, 2.45) is 0 Å². The lowest BCUT2D eigenvalue weighted by molar-refractivity contribution is 0.404. The average molecular weight is 303 g/mol. The van der Waals surface area contributed by atoms with E-state index in [0.717, 1.165) is 5.69 Å². The van der Waals surface area contributed by atoms with Crippen LogP contribution in [0.2, 0.25) is 5.02 Å². The van der Waals surface area contributed by atoms with Crippen LogP contribution in [0.4, 0.5) is 5.82 Å². The molecule has 3 rings (SSSR count). The SMILES string of the molecule is Nc1c(-c2ccc(O)c(O)c2)nnn1-c1ccc(Cl)cc1. The number of halogens is 1. The van der Waals surface area contributed by atoms with Crippen LogP contribution >= 0.6 is 11.6 Å². The van der Waals surface area contributed by atoms with E-state index in [1.54, 1.807) is 30.3 Å². The molecule has 0 unspecified atom stereocenters. The Morgan fingerprint density at radius 2 is 1.71 bits per heavy atom. The van der Waals surface area contributed by atoms with Crippen LogP contribution in [0, 0.1) is 0 Å². The van der Waals surface area contributed by atoms with Crippen molar-refractivity contribution < 1.29 is 10.2 Å². The molecule has 7 heteroatoms. The number of nitrogen functional groups attached to an aromatic ring is 1. The first-order valence-electron chi connectivity index (χ1n) is 6.06. The molecule has 21 heavy (non-hydrogen) atoms. The van der Waals surface area contributed by atoms with E-state index in [9.17, 15) is 10.2 Å². The molecule has 0 bridgehead atoms.